The maximum Gasteiger partial charge on any atom is 0.345 e. The summed E-state index contributed by atoms with van der Waals surface area (Å²) in [6.45, 7) is 3.93. The molecule has 0 amide bonds. The SMILES string of the molecule is Cc1cc(C(=O)COC(=O)c2cc(Cl)ccc2[N+](=O)[O-])c(C)n1CC1COc2ccccc2O1. The Balaban J connectivity index is 1.44. The van der Waals surface area contributed by atoms with Gasteiger partial charge in [0.2, 0.25) is 5.78 Å². The number of esters is 1. The third kappa shape index (κ3) is 4.74. The summed E-state index contributed by atoms with van der Waals surface area (Å²) in [7, 11) is 0. The fourth-order valence-electron chi connectivity index (χ4n) is 3.84. The van der Waals surface area contributed by atoms with Crippen LogP contribution in [0.3, 0.4) is 0 Å². The smallest absolute Gasteiger partial charge is 0.345 e. The van der Waals surface area contributed by atoms with Gasteiger partial charge in [-0.05, 0) is 44.2 Å². The van der Waals surface area contributed by atoms with E-state index in [1.54, 1.807) is 13.0 Å². The molecule has 0 saturated carbocycles. The normalized spacial score (nSPS) is 14.5. The largest absolute Gasteiger partial charge is 0.486 e. The molecule has 1 unspecified atom stereocenters. The first-order chi connectivity index (χ1) is 16.2. The first-order valence-electron chi connectivity index (χ1n) is 10.4. The van der Waals surface area contributed by atoms with Crippen LogP contribution in [0.5, 0.6) is 11.5 Å². The summed E-state index contributed by atoms with van der Waals surface area (Å²) in [6.07, 6.45) is -0.246. The highest BCUT2D eigenvalue weighted by molar-refractivity contribution is 6.31. The molecule has 4 rings (SSSR count). The number of nitro benzene ring substituents is 1. The Bertz CT molecular complexity index is 1280. The van der Waals surface area contributed by atoms with Gasteiger partial charge in [-0.2, -0.15) is 0 Å². The third-order valence-corrected chi connectivity index (χ3v) is 5.77. The van der Waals surface area contributed by atoms with Crippen molar-refractivity contribution in [1.29, 1.82) is 0 Å². The van der Waals surface area contributed by atoms with Crippen LogP contribution < -0.4 is 9.47 Å². The second-order valence-corrected chi connectivity index (χ2v) is 8.25. The molecule has 10 heteroatoms. The predicted octanol–water partition coefficient (Wildman–Crippen LogP) is 4.55. The summed E-state index contributed by atoms with van der Waals surface area (Å²) in [4.78, 5) is 35.7. The lowest BCUT2D eigenvalue weighted by molar-refractivity contribution is -0.385. The summed E-state index contributed by atoms with van der Waals surface area (Å²) in [5.41, 5.74) is 1.15. The number of rotatable bonds is 7. The molecule has 0 aliphatic carbocycles. The Morgan fingerprint density at radius 1 is 1.15 bits per heavy atom. The Morgan fingerprint density at radius 2 is 1.88 bits per heavy atom. The van der Waals surface area contributed by atoms with E-state index in [4.69, 9.17) is 25.8 Å². The highest BCUT2D eigenvalue weighted by Gasteiger charge is 2.26. The topological polar surface area (TPSA) is 110 Å². The predicted molar refractivity (Wildman–Crippen MR) is 123 cm³/mol. The van der Waals surface area contributed by atoms with Crippen molar-refractivity contribution in [2.75, 3.05) is 13.2 Å². The van der Waals surface area contributed by atoms with Gasteiger partial charge < -0.3 is 18.8 Å². The van der Waals surface area contributed by atoms with Crippen LogP contribution in [0.15, 0.2) is 48.5 Å². The number of Topliss-reactive ketones (excluding diaryl/α,β-unsaturated/α-hetero) is 1. The van der Waals surface area contributed by atoms with E-state index in [1.807, 2.05) is 35.8 Å². The molecule has 1 aliphatic rings. The quantitative estimate of drug-likeness (QED) is 0.209. The summed E-state index contributed by atoms with van der Waals surface area (Å²) >= 11 is 5.85. The molecule has 0 saturated heterocycles. The summed E-state index contributed by atoms with van der Waals surface area (Å²) in [6, 6.07) is 12.7. The zero-order chi connectivity index (χ0) is 24.4. The summed E-state index contributed by atoms with van der Waals surface area (Å²) in [5.74, 6) is -0.0665. The van der Waals surface area contributed by atoms with E-state index in [-0.39, 0.29) is 16.7 Å². The molecular formula is C24H21ClN2O7. The molecule has 1 atom stereocenters. The Labute approximate surface area is 199 Å². The zero-order valence-electron chi connectivity index (χ0n) is 18.4. The second-order valence-electron chi connectivity index (χ2n) is 7.81. The van der Waals surface area contributed by atoms with Crippen molar-refractivity contribution in [1.82, 2.24) is 4.57 Å². The molecule has 1 aliphatic heterocycles. The molecule has 2 heterocycles. The Kier molecular flexibility index (Phi) is 6.56. The number of halogens is 1. The number of benzene rings is 2. The van der Waals surface area contributed by atoms with Gasteiger partial charge in [-0.25, -0.2) is 4.79 Å². The van der Waals surface area contributed by atoms with E-state index in [1.165, 1.54) is 6.07 Å². The van der Waals surface area contributed by atoms with Gasteiger partial charge in [-0.15, -0.1) is 0 Å². The lowest BCUT2D eigenvalue weighted by atomic mass is 10.1. The number of ketones is 1. The van der Waals surface area contributed by atoms with Gasteiger partial charge in [0.1, 0.15) is 12.2 Å². The number of carbonyl (C=O) groups is 2. The van der Waals surface area contributed by atoms with Gasteiger partial charge >= 0.3 is 5.97 Å². The van der Waals surface area contributed by atoms with Crippen molar-refractivity contribution < 1.29 is 28.7 Å². The van der Waals surface area contributed by atoms with E-state index in [9.17, 15) is 19.7 Å². The zero-order valence-corrected chi connectivity index (χ0v) is 19.2. The van der Waals surface area contributed by atoms with Crippen LogP contribution in [0, 0.1) is 24.0 Å². The van der Waals surface area contributed by atoms with Crippen molar-refractivity contribution in [3.05, 3.63) is 86.2 Å². The highest BCUT2D eigenvalue weighted by Crippen LogP contribution is 2.31. The van der Waals surface area contributed by atoms with Crippen LogP contribution in [-0.2, 0) is 11.3 Å². The molecule has 9 nitrogen and oxygen atoms in total. The lowest BCUT2D eigenvalue weighted by Crippen LogP contribution is -2.33. The van der Waals surface area contributed by atoms with Crippen LogP contribution in [0.4, 0.5) is 5.69 Å². The molecule has 2 aromatic carbocycles. The fourth-order valence-corrected chi connectivity index (χ4v) is 4.01. The monoisotopic (exact) mass is 484 g/mol. The number of hydrogen-bond donors (Lipinski definition) is 0. The van der Waals surface area contributed by atoms with E-state index >= 15 is 0 Å². The fraction of sp³-hybridized carbons (Fsp3) is 0.250. The number of aryl methyl sites for hydroxylation is 1. The Hall–Kier alpha value is -3.85. The first-order valence-corrected chi connectivity index (χ1v) is 10.8. The molecule has 0 bridgehead atoms. The molecule has 0 radical (unpaired) electrons. The number of carbonyl (C=O) groups excluding carboxylic acids is 2. The Morgan fingerprint density at radius 3 is 2.62 bits per heavy atom. The number of nitrogens with zero attached hydrogens (tertiary/aromatic N) is 2. The summed E-state index contributed by atoms with van der Waals surface area (Å²) < 4.78 is 18.8. The maximum atomic E-state index is 12.8. The van der Waals surface area contributed by atoms with Gasteiger partial charge in [0, 0.05) is 28.0 Å². The number of ether oxygens (including phenoxy) is 3. The van der Waals surface area contributed by atoms with Gasteiger partial charge in [-0.1, -0.05) is 23.7 Å². The number of para-hydroxylation sites is 2. The molecule has 3 aromatic rings. The van der Waals surface area contributed by atoms with Crippen molar-refractivity contribution in [2.45, 2.75) is 26.5 Å². The molecule has 0 N–H and O–H groups in total. The highest BCUT2D eigenvalue weighted by atomic mass is 35.5. The second kappa shape index (κ2) is 9.56. The van der Waals surface area contributed by atoms with E-state index in [0.717, 1.165) is 17.8 Å². The van der Waals surface area contributed by atoms with Gasteiger partial charge in [0.15, 0.2) is 24.2 Å². The minimum Gasteiger partial charge on any atom is -0.486 e. The third-order valence-electron chi connectivity index (χ3n) is 5.54. The first kappa shape index (κ1) is 23.3. The average Bonchev–Trinajstić information content (AvgIpc) is 3.10. The minimum atomic E-state index is -0.997. The van der Waals surface area contributed by atoms with Gasteiger partial charge in [0.05, 0.1) is 11.5 Å². The average molecular weight is 485 g/mol. The lowest BCUT2D eigenvalue weighted by Gasteiger charge is -2.27. The van der Waals surface area contributed by atoms with Crippen molar-refractivity contribution in [3.8, 4) is 11.5 Å². The molecular weight excluding hydrogens is 464 g/mol. The van der Waals surface area contributed by atoms with Crippen molar-refractivity contribution >= 4 is 29.0 Å². The van der Waals surface area contributed by atoms with Crippen molar-refractivity contribution in [2.24, 2.45) is 0 Å². The van der Waals surface area contributed by atoms with Gasteiger partial charge in [0.25, 0.3) is 5.69 Å². The van der Waals surface area contributed by atoms with Crippen LogP contribution >= 0.6 is 11.6 Å². The van der Waals surface area contributed by atoms with E-state index in [2.05, 4.69) is 0 Å². The number of nitro groups is 1. The number of fused-ring (bicyclic) bond motifs is 1. The van der Waals surface area contributed by atoms with E-state index in [0.29, 0.717) is 35.9 Å². The molecule has 1 aromatic heterocycles. The number of hydrogen-bond acceptors (Lipinski definition) is 7. The van der Waals surface area contributed by atoms with Crippen LogP contribution in [0.25, 0.3) is 0 Å². The number of aromatic nitrogens is 1. The van der Waals surface area contributed by atoms with Crippen LogP contribution in [-0.4, -0.2) is 40.6 Å². The van der Waals surface area contributed by atoms with Crippen LogP contribution in [0.2, 0.25) is 5.02 Å². The van der Waals surface area contributed by atoms with E-state index < -0.39 is 29.0 Å². The summed E-state index contributed by atoms with van der Waals surface area (Å²) in [5, 5.41) is 11.3. The van der Waals surface area contributed by atoms with Crippen molar-refractivity contribution in [3.63, 3.8) is 0 Å². The molecule has 34 heavy (non-hydrogen) atoms. The standard InChI is InChI=1S/C24H21ClN2O7/c1-14-9-18(15(2)26(14)11-17-12-32-22-5-3-4-6-23(22)34-17)21(28)13-33-24(29)19-10-16(25)7-8-20(19)27(30)31/h3-10,17H,11-13H2,1-2H3. The molecule has 0 spiro atoms. The van der Waals surface area contributed by atoms with Gasteiger partial charge in [-0.3, -0.25) is 14.9 Å². The molecule has 0 fully saturated rings. The minimum absolute atomic E-state index is 0.143. The van der Waals surface area contributed by atoms with Crippen LogP contribution in [0.1, 0.15) is 32.1 Å². The maximum absolute atomic E-state index is 12.8. The molecule has 176 valence electrons.